The van der Waals surface area contributed by atoms with Crippen molar-refractivity contribution in [3.63, 3.8) is 0 Å². The highest BCUT2D eigenvalue weighted by atomic mass is 16.7. The summed E-state index contributed by atoms with van der Waals surface area (Å²) in [5.74, 6) is -1.79. The van der Waals surface area contributed by atoms with Gasteiger partial charge in [0.25, 0.3) is 11.8 Å². The second-order valence-electron chi connectivity index (χ2n) is 6.15. The molecule has 0 spiro atoms. The lowest BCUT2D eigenvalue weighted by Crippen LogP contribution is -2.34. The number of hydrazine groups is 1. The van der Waals surface area contributed by atoms with Gasteiger partial charge < -0.3 is 15.1 Å². The minimum atomic E-state index is -0.669. The average Bonchev–Trinajstić information content (AvgIpc) is 2.96. The number of aliphatic imine (C=N–C) groups is 1. The summed E-state index contributed by atoms with van der Waals surface area (Å²) < 4.78 is 0. The molecule has 9 nitrogen and oxygen atoms in total. The third-order valence-electron chi connectivity index (χ3n) is 3.66. The molecule has 0 radical (unpaired) electrons. The van der Waals surface area contributed by atoms with Gasteiger partial charge in [-0.05, 0) is 39.2 Å². The fourth-order valence-corrected chi connectivity index (χ4v) is 2.22. The van der Waals surface area contributed by atoms with E-state index in [4.69, 9.17) is 0 Å². The van der Waals surface area contributed by atoms with Crippen LogP contribution in [0.5, 0.6) is 0 Å². The maximum atomic E-state index is 12.5. The molecule has 144 valence electrons. The van der Waals surface area contributed by atoms with Crippen LogP contribution in [0, 0.1) is 0 Å². The van der Waals surface area contributed by atoms with Crippen LogP contribution in [0.1, 0.15) is 16.8 Å². The Morgan fingerprint density at radius 2 is 2.00 bits per heavy atom. The lowest BCUT2D eigenvalue weighted by atomic mass is 10.2. The van der Waals surface area contributed by atoms with Crippen LogP contribution in [0.25, 0.3) is 0 Å². The molecule has 1 aliphatic heterocycles. The van der Waals surface area contributed by atoms with Crippen LogP contribution in [0.3, 0.4) is 0 Å². The third-order valence-corrected chi connectivity index (χ3v) is 3.66. The first-order valence-electron chi connectivity index (χ1n) is 8.41. The number of carbonyl (C=O) groups is 3. The normalized spacial score (nSPS) is 16.0. The SMILES string of the molecule is CN(C)CCCNC(=O)C(/C=C1/C(=O)ONN1C)=NC(=O)c1ccccc1. The zero-order valence-electron chi connectivity index (χ0n) is 15.6. The summed E-state index contributed by atoms with van der Waals surface area (Å²) >= 11 is 0. The first-order valence-corrected chi connectivity index (χ1v) is 8.41. The van der Waals surface area contributed by atoms with Gasteiger partial charge >= 0.3 is 5.97 Å². The number of hydrogen-bond acceptors (Lipinski definition) is 7. The number of hydrogen-bond donors (Lipinski definition) is 2. The summed E-state index contributed by atoms with van der Waals surface area (Å²) in [7, 11) is 5.42. The Morgan fingerprint density at radius 1 is 1.30 bits per heavy atom. The maximum absolute atomic E-state index is 12.5. The molecule has 0 atom stereocenters. The van der Waals surface area contributed by atoms with E-state index in [-0.39, 0.29) is 11.4 Å². The molecule has 0 unspecified atom stereocenters. The van der Waals surface area contributed by atoms with Crippen LogP contribution in [0.2, 0.25) is 0 Å². The van der Waals surface area contributed by atoms with Crippen LogP contribution >= 0.6 is 0 Å². The predicted molar refractivity (Wildman–Crippen MR) is 99.5 cm³/mol. The molecule has 2 rings (SSSR count). The highest BCUT2D eigenvalue weighted by Gasteiger charge is 2.26. The second kappa shape index (κ2) is 9.60. The first kappa shape index (κ1) is 20.3. The molecule has 9 heteroatoms. The van der Waals surface area contributed by atoms with Crippen molar-refractivity contribution in [2.24, 2.45) is 4.99 Å². The Balaban J connectivity index is 2.21. The Kier molecular flexibility index (Phi) is 7.21. The van der Waals surface area contributed by atoms with Gasteiger partial charge in [-0.25, -0.2) is 9.79 Å². The van der Waals surface area contributed by atoms with Gasteiger partial charge in [0.15, 0.2) is 0 Å². The zero-order valence-corrected chi connectivity index (χ0v) is 15.6. The maximum Gasteiger partial charge on any atom is 0.376 e. The van der Waals surface area contributed by atoms with Gasteiger partial charge in [-0.1, -0.05) is 23.8 Å². The van der Waals surface area contributed by atoms with Crippen molar-refractivity contribution in [2.45, 2.75) is 6.42 Å². The van der Waals surface area contributed by atoms with Crippen molar-refractivity contribution in [3.8, 4) is 0 Å². The molecule has 27 heavy (non-hydrogen) atoms. The summed E-state index contributed by atoms with van der Waals surface area (Å²) in [6, 6.07) is 8.38. The van der Waals surface area contributed by atoms with E-state index in [1.807, 2.05) is 19.0 Å². The van der Waals surface area contributed by atoms with E-state index in [0.717, 1.165) is 13.0 Å². The molecule has 0 bridgehead atoms. The number of nitrogens with one attached hydrogen (secondary N) is 2. The summed E-state index contributed by atoms with van der Waals surface area (Å²) in [6.45, 7) is 1.22. The Hall–Kier alpha value is -3.04. The molecule has 1 fully saturated rings. The molecule has 1 saturated heterocycles. The van der Waals surface area contributed by atoms with E-state index in [1.54, 1.807) is 37.4 Å². The predicted octanol–water partition coefficient (Wildman–Crippen LogP) is 0.128. The first-order chi connectivity index (χ1) is 12.9. The summed E-state index contributed by atoms with van der Waals surface area (Å²) in [6.07, 6.45) is 1.96. The molecular formula is C18H23N5O4. The lowest BCUT2D eigenvalue weighted by Gasteiger charge is -2.11. The molecule has 1 aromatic rings. The number of amides is 2. The van der Waals surface area contributed by atoms with Crippen molar-refractivity contribution in [2.75, 3.05) is 34.2 Å². The molecule has 2 amide bonds. The van der Waals surface area contributed by atoms with E-state index in [0.29, 0.717) is 12.1 Å². The monoisotopic (exact) mass is 373 g/mol. The van der Waals surface area contributed by atoms with Gasteiger partial charge in [-0.3, -0.25) is 14.6 Å². The van der Waals surface area contributed by atoms with Gasteiger partial charge in [0.1, 0.15) is 11.4 Å². The van der Waals surface area contributed by atoms with Crippen LogP contribution in [0.4, 0.5) is 0 Å². The molecule has 1 heterocycles. The van der Waals surface area contributed by atoms with E-state index in [9.17, 15) is 14.4 Å². The minimum Gasteiger partial charge on any atom is -0.351 e. The summed E-state index contributed by atoms with van der Waals surface area (Å²) in [4.78, 5) is 47.2. The van der Waals surface area contributed by atoms with E-state index < -0.39 is 17.8 Å². The minimum absolute atomic E-state index is 0.0676. The summed E-state index contributed by atoms with van der Waals surface area (Å²) in [5.41, 5.74) is 2.59. The molecule has 0 aromatic heterocycles. The number of likely N-dealkylation sites (N-methyl/N-ethyl adjacent to an activating group) is 1. The van der Waals surface area contributed by atoms with E-state index in [2.05, 4.69) is 20.7 Å². The van der Waals surface area contributed by atoms with Crippen molar-refractivity contribution >= 4 is 23.5 Å². The second-order valence-corrected chi connectivity index (χ2v) is 6.15. The van der Waals surface area contributed by atoms with Gasteiger partial charge in [-0.15, -0.1) is 0 Å². The van der Waals surface area contributed by atoms with Gasteiger partial charge in [0.05, 0.1) is 0 Å². The zero-order chi connectivity index (χ0) is 19.8. The number of benzene rings is 1. The Morgan fingerprint density at radius 3 is 2.59 bits per heavy atom. The van der Waals surface area contributed by atoms with Crippen molar-refractivity contribution in [3.05, 3.63) is 47.7 Å². The molecule has 2 N–H and O–H groups in total. The Labute approximate surface area is 157 Å². The average molecular weight is 373 g/mol. The number of nitrogens with zero attached hydrogens (tertiary/aromatic N) is 3. The molecular weight excluding hydrogens is 350 g/mol. The van der Waals surface area contributed by atoms with Crippen LogP contribution < -0.4 is 10.9 Å². The quantitative estimate of drug-likeness (QED) is 0.398. The van der Waals surface area contributed by atoms with Gasteiger partial charge in [0.2, 0.25) is 0 Å². The van der Waals surface area contributed by atoms with Crippen LogP contribution in [-0.4, -0.2) is 67.6 Å². The van der Waals surface area contributed by atoms with Crippen LogP contribution in [0.15, 0.2) is 47.1 Å². The Bertz CT molecular complexity index is 758. The van der Waals surface area contributed by atoms with Gasteiger partial charge in [-0.2, -0.15) is 0 Å². The molecule has 0 saturated carbocycles. The number of carbonyl (C=O) groups excluding carboxylic acids is 3. The van der Waals surface area contributed by atoms with Crippen LogP contribution in [-0.2, 0) is 14.4 Å². The largest absolute Gasteiger partial charge is 0.376 e. The fourth-order valence-electron chi connectivity index (χ4n) is 2.22. The van der Waals surface area contributed by atoms with E-state index >= 15 is 0 Å². The standard InChI is InChI=1S/C18H23N5O4/c1-22(2)11-7-10-19-17(25)14(12-15-18(26)27-21-23(15)3)20-16(24)13-8-5-4-6-9-13/h4-6,8-9,12,21H,7,10-11H2,1-3H3,(H,19,25)/b15-12-,20-14?. The van der Waals surface area contributed by atoms with E-state index in [1.165, 1.54) is 11.1 Å². The molecule has 0 aliphatic carbocycles. The van der Waals surface area contributed by atoms with Gasteiger partial charge in [0, 0.05) is 25.2 Å². The topological polar surface area (TPSA) is 103 Å². The molecule has 1 aliphatic rings. The summed E-state index contributed by atoms with van der Waals surface area (Å²) in [5, 5.41) is 4.01. The highest BCUT2D eigenvalue weighted by Crippen LogP contribution is 2.09. The third kappa shape index (κ3) is 6.01. The molecule has 1 aromatic carbocycles. The van der Waals surface area contributed by atoms with Crippen molar-refractivity contribution < 1.29 is 19.2 Å². The lowest BCUT2D eigenvalue weighted by molar-refractivity contribution is -0.142. The van der Waals surface area contributed by atoms with Crippen molar-refractivity contribution in [1.82, 2.24) is 20.8 Å². The smallest absolute Gasteiger partial charge is 0.351 e. The highest BCUT2D eigenvalue weighted by molar-refractivity contribution is 6.45. The van der Waals surface area contributed by atoms with Crippen molar-refractivity contribution in [1.29, 1.82) is 0 Å². The number of rotatable bonds is 7. The fraction of sp³-hybridized carbons (Fsp3) is 0.333.